The lowest BCUT2D eigenvalue weighted by Gasteiger charge is -2.05. The smallest absolute Gasteiger partial charge is 0.203 e. The predicted molar refractivity (Wildman–Crippen MR) is 93.0 cm³/mol. The quantitative estimate of drug-likeness (QED) is 0.493. The molecular weight excluding hydrogens is 302 g/mol. The fourth-order valence-electron chi connectivity index (χ4n) is 2.38. The molecule has 0 amide bonds. The minimum Gasteiger partial charge on any atom is -0.504 e. The molecule has 0 aliphatic carbocycles. The van der Waals surface area contributed by atoms with E-state index in [-0.39, 0.29) is 17.1 Å². The summed E-state index contributed by atoms with van der Waals surface area (Å²) >= 11 is 0. The number of aromatic hydroxyl groups is 1. The van der Waals surface area contributed by atoms with Crippen LogP contribution in [-0.4, -0.2) is 18.0 Å². The van der Waals surface area contributed by atoms with Gasteiger partial charge in [0.25, 0.3) is 0 Å². The number of nitrogens with zero attached hydrogens (tertiary/aromatic N) is 1. The van der Waals surface area contributed by atoms with Crippen LogP contribution in [0.3, 0.4) is 0 Å². The fraction of sp³-hybridized carbons (Fsp3) is 0.200. The Hall–Kier alpha value is -3.06. The number of hydrogen-bond acceptors (Lipinski definition) is 4. The van der Waals surface area contributed by atoms with E-state index in [1.54, 1.807) is 24.3 Å². The van der Waals surface area contributed by atoms with Crippen molar-refractivity contribution in [2.45, 2.75) is 19.8 Å². The first-order valence-corrected chi connectivity index (χ1v) is 7.71. The molecule has 122 valence electrons. The van der Waals surface area contributed by atoms with E-state index in [0.717, 1.165) is 18.4 Å². The van der Waals surface area contributed by atoms with Gasteiger partial charge in [-0.2, -0.15) is 5.26 Å². The number of carbonyl (C=O) groups excluding carboxylic acids is 1. The maximum absolute atomic E-state index is 12.5. The van der Waals surface area contributed by atoms with E-state index in [1.165, 1.54) is 19.3 Å². The number of phenols is 1. The number of carbonyl (C=O) groups is 1. The van der Waals surface area contributed by atoms with Crippen LogP contribution in [0.15, 0.2) is 48.0 Å². The predicted octanol–water partition coefficient (Wildman–Crippen LogP) is 4.14. The van der Waals surface area contributed by atoms with Crippen molar-refractivity contribution in [2.24, 2.45) is 0 Å². The summed E-state index contributed by atoms with van der Waals surface area (Å²) in [7, 11) is 1.46. The Morgan fingerprint density at radius 1 is 1.25 bits per heavy atom. The standard InChI is InChI=1S/C20H19NO3/c1-3-4-14-5-8-16(9-6-14)20(23)17(13-21)11-15-7-10-19(24-2)18(22)12-15/h5-12,22H,3-4H2,1-2H3/b17-11+. The number of phenolic OH excluding ortho intramolecular Hbond substituents is 1. The van der Waals surface area contributed by atoms with Gasteiger partial charge in [-0.25, -0.2) is 0 Å². The summed E-state index contributed by atoms with van der Waals surface area (Å²) in [6, 6.07) is 13.9. The van der Waals surface area contributed by atoms with Crippen molar-refractivity contribution >= 4 is 11.9 Å². The van der Waals surface area contributed by atoms with E-state index in [4.69, 9.17) is 4.74 Å². The van der Waals surface area contributed by atoms with Gasteiger partial charge in [0.1, 0.15) is 11.6 Å². The van der Waals surface area contributed by atoms with Crippen molar-refractivity contribution in [1.82, 2.24) is 0 Å². The highest BCUT2D eigenvalue weighted by Crippen LogP contribution is 2.27. The van der Waals surface area contributed by atoms with Gasteiger partial charge >= 0.3 is 0 Å². The average molecular weight is 321 g/mol. The monoisotopic (exact) mass is 321 g/mol. The molecule has 0 atom stereocenters. The molecule has 0 fully saturated rings. The number of hydrogen-bond donors (Lipinski definition) is 1. The first-order chi connectivity index (χ1) is 11.6. The summed E-state index contributed by atoms with van der Waals surface area (Å²) in [4.78, 5) is 12.5. The lowest BCUT2D eigenvalue weighted by atomic mass is 10.00. The van der Waals surface area contributed by atoms with Gasteiger partial charge < -0.3 is 9.84 Å². The van der Waals surface area contributed by atoms with Crippen molar-refractivity contribution in [3.8, 4) is 17.6 Å². The van der Waals surface area contributed by atoms with Crippen LogP contribution in [0.1, 0.15) is 34.8 Å². The topological polar surface area (TPSA) is 70.3 Å². The number of allylic oxidation sites excluding steroid dienone is 1. The summed E-state index contributed by atoms with van der Waals surface area (Å²) in [5, 5.41) is 19.1. The van der Waals surface area contributed by atoms with Crippen LogP contribution in [0.5, 0.6) is 11.5 Å². The van der Waals surface area contributed by atoms with Crippen LogP contribution in [0.25, 0.3) is 6.08 Å². The van der Waals surface area contributed by atoms with Crippen LogP contribution in [0.4, 0.5) is 0 Å². The minimum absolute atomic E-state index is 0.0165. The summed E-state index contributed by atoms with van der Waals surface area (Å²) < 4.78 is 4.98. The zero-order valence-electron chi connectivity index (χ0n) is 13.7. The van der Waals surface area contributed by atoms with Crippen LogP contribution in [-0.2, 0) is 6.42 Å². The zero-order valence-corrected chi connectivity index (χ0v) is 13.7. The second-order valence-electron chi connectivity index (χ2n) is 5.38. The number of aryl methyl sites for hydroxylation is 1. The van der Waals surface area contributed by atoms with Crippen LogP contribution < -0.4 is 4.74 Å². The lowest BCUT2D eigenvalue weighted by Crippen LogP contribution is -2.02. The molecule has 0 aliphatic heterocycles. The summed E-state index contributed by atoms with van der Waals surface area (Å²) in [6.07, 6.45) is 3.46. The fourth-order valence-corrected chi connectivity index (χ4v) is 2.38. The van der Waals surface area contributed by atoms with Gasteiger partial charge in [0, 0.05) is 5.56 Å². The molecule has 0 spiro atoms. The van der Waals surface area contributed by atoms with Crippen molar-refractivity contribution in [1.29, 1.82) is 5.26 Å². The van der Waals surface area contributed by atoms with Crippen LogP contribution in [0, 0.1) is 11.3 Å². The maximum Gasteiger partial charge on any atom is 0.203 e. The second kappa shape index (κ2) is 7.98. The Bertz CT molecular complexity index is 799. The van der Waals surface area contributed by atoms with Crippen LogP contribution in [0.2, 0.25) is 0 Å². The molecule has 0 saturated carbocycles. The minimum atomic E-state index is -0.337. The molecule has 0 aromatic heterocycles. The Labute approximate surface area is 141 Å². The second-order valence-corrected chi connectivity index (χ2v) is 5.38. The van der Waals surface area contributed by atoms with E-state index >= 15 is 0 Å². The zero-order chi connectivity index (χ0) is 17.5. The molecule has 0 bridgehead atoms. The van der Waals surface area contributed by atoms with Gasteiger partial charge in [0.15, 0.2) is 11.5 Å². The molecular formula is C20H19NO3. The number of benzene rings is 2. The highest BCUT2D eigenvalue weighted by molar-refractivity contribution is 6.14. The highest BCUT2D eigenvalue weighted by atomic mass is 16.5. The van der Waals surface area contributed by atoms with Crippen molar-refractivity contribution in [3.05, 3.63) is 64.7 Å². The molecule has 2 rings (SSSR count). The summed E-state index contributed by atoms with van der Waals surface area (Å²) in [5.74, 6) is -0.0424. The Kier molecular flexibility index (Phi) is 5.75. The van der Waals surface area contributed by atoms with Crippen molar-refractivity contribution < 1.29 is 14.6 Å². The average Bonchev–Trinajstić information content (AvgIpc) is 2.60. The third-order valence-electron chi connectivity index (χ3n) is 3.63. The molecule has 1 N–H and O–H groups in total. The molecule has 4 heteroatoms. The number of ether oxygens (including phenoxy) is 1. The van der Waals surface area contributed by atoms with Crippen molar-refractivity contribution in [2.75, 3.05) is 7.11 Å². The maximum atomic E-state index is 12.5. The third kappa shape index (κ3) is 4.02. The number of methoxy groups -OCH3 is 1. The van der Waals surface area contributed by atoms with Gasteiger partial charge in [-0.15, -0.1) is 0 Å². The molecule has 0 aliphatic rings. The van der Waals surface area contributed by atoms with E-state index in [0.29, 0.717) is 16.9 Å². The molecule has 24 heavy (non-hydrogen) atoms. The van der Waals surface area contributed by atoms with Gasteiger partial charge in [0.05, 0.1) is 7.11 Å². The normalized spacial score (nSPS) is 11.0. The summed E-state index contributed by atoms with van der Waals surface area (Å²) in [6.45, 7) is 2.10. The lowest BCUT2D eigenvalue weighted by molar-refractivity contribution is 0.104. The van der Waals surface area contributed by atoms with Crippen LogP contribution >= 0.6 is 0 Å². The third-order valence-corrected chi connectivity index (χ3v) is 3.63. The number of rotatable bonds is 6. The largest absolute Gasteiger partial charge is 0.504 e. The Morgan fingerprint density at radius 3 is 2.50 bits per heavy atom. The van der Waals surface area contributed by atoms with E-state index in [9.17, 15) is 15.2 Å². The molecule has 0 radical (unpaired) electrons. The first kappa shape index (κ1) is 17.3. The van der Waals surface area contributed by atoms with E-state index in [2.05, 4.69) is 6.92 Å². The Morgan fingerprint density at radius 2 is 1.96 bits per heavy atom. The molecule has 4 nitrogen and oxygen atoms in total. The highest BCUT2D eigenvalue weighted by Gasteiger charge is 2.12. The number of Topliss-reactive ketones (excluding diaryl/α,β-unsaturated/α-hetero) is 1. The first-order valence-electron chi connectivity index (χ1n) is 7.71. The van der Waals surface area contributed by atoms with Gasteiger partial charge in [0.2, 0.25) is 5.78 Å². The van der Waals surface area contributed by atoms with Crippen molar-refractivity contribution in [3.63, 3.8) is 0 Å². The number of ketones is 1. The number of nitriles is 1. The van der Waals surface area contributed by atoms with Gasteiger partial charge in [-0.05, 0) is 35.8 Å². The summed E-state index contributed by atoms with van der Waals surface area (Å²) in [5.41, 5.74) is 2.21. The SMILES string of the molecule is CCCc1ccc(C(=O)/C(C#N)=C/c2ccc(OC)c(O)c2)cc1. The van der Waals surface area contributed by atoms with Gasteiger partial charge in [-0.1, -0.05) is 43.7 Å². The van der Waals surface area contributed by atoms with Gasteiger partial charge in [-0.3, -0.25) is 4.79 Å². The van der Waals surface area contributed by atoms with E-state index in [1.807, 2.05) is 18.2 Å². The molecule has 0 saturated heterocycles. The molecule has 2 aromatic carbocycles. The molecule has 2 aromatic rings. The van der Waals surface area contributed by atoms with E-state index < -0.39 is 0 Å². The Balaban J connectivity index is 2.28. The molecule has 0 heterocycles. The molecule has 0 unspecified atom stereocenters.